The van der Waals surface area contributed by atoms with Gasteiger partial charge in [0.1, 0.15) is 12.4 Å². The number of aromatic nitrogens is 4. The number of hydrogen-bond donors (Lipinski definition) is 0. The molecule has 4 aromatic rings. The fourth-order valence-electron chi connectivity index (χ4n) is 2.50. The van der Waals surface area contributed by atoms with E-state index in [0.717, 1.165) is 22.6 Å². The molecular formula is C19H15ClN4O. The number of hydrogen-bond acceptors (Lipinski definition) is 4. The van der Waals surface area contributed by atoms with Gasteiger partial charge in [-0.3, -0.25) is 0 Å². The summed E-state index contributed by atoms with van der Waals surface area (Å²) in [5.41, 5.74) is 2.65. The molecule has 0 radical (unpaired) electrons. The molecule has 0 spiro atoms. The van der Waals surface area contributed by atoms with Gasteiger partial charge in [0.15, 0.2) is 5.82 Å². The first-order valence-corrected chi connectivity index (χ1v) is 8.24. The van der Waals surface area contributed by atoms with Crippen LogP contribution in [0.25, 0.3) is 17.2 Å². The molecule has 0 aliphatic rings. The van der Waals surface area contributed by atoms with E-state index in [1.165, 1.54) is 0 Å². The molecule has 0 aliphatic carbocycles. The van der Waals surface area contributed by atoms with Crippen LogP contribution in [-0.4, -0.2) is 19.6 Å². The average Bonchev–Trinajstić information content (AvgIpc) is 3.07. The van der Waals surface area contributed by atoms with Crippen molar-refractivity contribution in [2.24, 2.45) is 0 Å². The van der Waals surface area contributed by atoms with E-state index in [0.29, 0.717) is 23.2 Å². The Morgan fingerprint density at radius 3 is 2.68 bits per heavy atom. The smallest absolute Gasteiger partial charge is 0.253 e. The molecule has 2 aromatic carbocycles. The minimum absolute atomic E-state index is 0.339. The highest BCUT2D eigenvalue weighted by Gasteiger charge is 2.09. The van der Waals surface area contributed by atoms with Crippen LogP contribution in [0.3, 0.4) is 0 Å². The Hall–Kier alpha value is -2.92. The van der Waals surface area contributed by atoms with Crippen molar-refractivity contribution < 1.29 is 4.74 Å². The van der Waals surface area contributed by atoms with E-state index >= 15 is 0 Å². The standard InChI is InChI=1S/C19H15ClN4O/c1-13-16(20)8-5-9-17(13)25-12-15-10-11-24-19(21-15)22-18(23-24)14-6-3-2-4-7-14/h2-11H,12H2,1H3. The molecule has 4 rings (SSSR count). The lowest BCUT2D eigenvalue weighted by Gasteiger charge is -2.09. The molecule has 0 amide bonds. The quantitative estimate of drug-likeness (QED) is 0.549. The first kappa shape index (κ1) is 15.6. The van der Waals surface area contributed by atoms with Gasteiger partial charge in [0.2, 0.25) is 0 Å². The maximum Gasteiger partial charge on any atom is 0.253 e. The van der Waals surface area contributed by atoms with Crippen LogP contribution in [0.15, 0.2) is 60.8 Å². The Morgan fingerprint density at radius 2 is 1.84 bits per heavy atom. The number of rotatable bonds is 4. The van der Waals surface area contributed by atoms with Crippen molar-refractivity contribution in [3.63, 3.8) is 0 Å². The van der Waals surface area contributed by atoms with E-state index in [1.807, 2.05) is 67.7 Å². The largest absolute Gasteiger partial charge is 0.487 e. The van der Waals surface area contributed by atoms with Gasteiger partial charge < -0.3 is 4.74 Å². The zero-order valence-corrected chi connectivity index (χ0v) is 14.3. The van der Waals surface area contributed by atoms with E-state index in [9.17, 15) is 0 Å². The first-order chi connectivity index (χ1) is 12.2. The molecule has 0 unspecified atom stereocenters. The van der Waals surface area contributed by atoms with E-state index in [4.69, 9.17) is 16.3 Å². The van der Waals surface area contributed by atoms with Crippen LogP contribution < -0.4 is 4.74 Å². The highest BCUT2D eigenvalue weighted by Crippen LogP contribution is 2.25. The zero-order chi connectivity index (χ0) is 17.2. The number of benzene rings is 2. The molecule has 6 heteroatoms. The van der Waals surface area contributed by atoms with Gasteiger partial charge in [-0.1, -0.05) is 48.0 Å². The summed E-state index contributed by atoms with van der Waals surface area (Å²) in [4.78, 5) is 9.01. The highest BCUT2D eigenvalue weighted by atomic mass is 35.5. The molecule has 0 saturated heterocycles. The fraction of sp³-hybridized carbons (Fsp3) is 0.105. The minimum Gasteiger partial charge on any atom is -0.487 e. The van der Waals surface area contributed by atoms with Crippen LogP contribution >= 0.6 is 11.6 Å². The van der Waals surface area contributed by atoms with Gasteiger partial charge >= 0.3 is 0 Å². The average molecular weight is 351 g/mol. The molecular weight excluding hydrogens is 336 g/mol. The van der Waals surface area contributed by atoms with Crippen molar-refractivity contribution in [2.75, 3.05) is 0 Å². The monoisotopic (exact) mass is 350 g/mol. The molecule has 2 aromatic heterocycles. The van der Waals surface area contributed by atoms with Gasteiger partial charge in [-0.2, -0.15) is 4.98 Å². The summed E-state index contributed by atoms with van der Waals surface area (Å²) in [6.45, 7) is 2.27. The third-order valence-corrected chi connectivity index (χ3v) is 4.30. The number of nitrogens with zero attached hydrogens (tertiary/aromatic N) is 4. The highest BCUT2D eigenvalue weighted by molar-refractivity contribution is 6.31. The van der Waals surface area contributed by atoms with Crippen LogP contribution in [0.4, 0.5) is 0 Å². The van der Waals surface area contributed by atoms with Crippen molar-refractivity contribution in [3.8, 4) is 17.1 Å². The van der Waals surface area contributed by atoms with Crippen LogP contribution in [0.1, 0.15) is 11.3 Å². The van der Waals surface area contributed by atoms with Crippen molar-refractivity contribution in [2.45, 2.75) is 13.5 Å². The summed E-state index contributed by atoms with van der Waals surface area (Å²) in [6.07, 6.45) is 1.84. The lowest BCUT2D eigenvalue weighted by Crippen LogP contribution is -2.02. The van der Waals surface area contributed by atoms with Crippen molar-refractivity contribution in [3.05, 3.63) is 77.1 Å². The number of halogens is 1. The van der Waals surface area contributed by atoms with Gasteiger partial charge in [0.25, 0.3) is 5.78 Å². The van der Waals surface area contributed by atoms with Gasteiger partial charge in [0, 0.05) is 22.3 Å². The molecule has 2 heterocycles. The Bertz CT molecular complexity index is 1030. The summed E-state index contributed by atoms with van der Waals surface area (Å²) in [6, 6.07) is 17.3. The molecule has 0 N–H and O–H groups in total. The van der Waals surface area contributed by atoms with E-state index in [-0.39, 0.29) is 0 Å². The molecule has 5 nitrogen and oxygen atoms in total. The van der Waals surface area contributed by atoms with E-state index in [1.54, 1.807) is 4.52 Å². The number of fused-ring (bicyclic) bond motifs is 1. The Balaban J connectivity index is 1.58. The first-order valence-electron chi connectivity index (χ1n) is 7.86. The second kappa shape index (κ2) is 6.53. The van der Waals surface area contributed by atoms with Crippen LogP contribution in [0.5, 0.6) is 5.75 Å². The maximum absolute atomic E-state index is 6.12. The molecule has 0 bridgehead atoms. The van der Waals surface area contributed by atoms with E-state index in [2.05, 4.69) is 15.1 Å². The van der Waals surface area contributed by atoms with E-state index < -0.39 is 0 Å². The Kier molecular flexibility index (Phi) is 4.07. The predicted octanol–water partition coefficient (Wildman–Crippen LogP) is 4.33. The van der Waals surface area contributed by atoms with Crippen molar-refractivity contribution in [1.82, 2.24) is 19.6 Å². The molecule has 0 saturated carbocycles. The van der Waals surface area contributed by atoms with Crippen molar-refractivity contribution in [1.29, 1.82) is 0 Å². The lowest BCUT2D eigenvalue weighted by atomic mass is 10.2. The lowest BCUT2D eigenvalue weighted by molar-refractivity contribution is 0.299. The maximum atomic E-state index is 6.12. The SMILES string of the molecule is Cc1c(Cl)cccc1OCc1ccn2nc(-c3ccccc3)nc2n1. The Morgan fingerprint density at radius 1 is 1.00 bits per heavy atom. The summed E-state index contributed by atoms with van der Waals surface area (Å²) in [7, 11) is 0. The predicted molar refractivity (Wildman–Crippen MR) is 96.7 cm³/mol. The topological polar surface area (TPSA) is 52.3 Å². The number of ether oxygens (including phenoxy) is 1. The van der Waals surface area contributed by atoms with Gasteiger partial charge in [-0.15, -0.1) is 5.10 Å². The third kappa shape index (κ3) is 3.19. The van der Waals surface area contributed by atoms with Crippen LogP contribution in [-0.2, 0) is 6.61 Å². The second-order valence-electron chi connectivity index (χ2n) is 5.62. The summed E-state index contributed by atoms with van der Waals surface area (Å²) < 4.78 is 7.50. The second-order valence-corrected chi connectivity index (χ2v) is 6.02. The molecule has 0 fully saturated rings. The summed E-state index contributed by atoms with van der Waals surface area (Å²) in [5.74, 6) is 1.94. The Labute approximate surface area is 149 Å². The van der Waals surface area contributed by atoms with Gasteiger partial charge in [-0.05, 0) is 25.1 Å². The van der Waals surface area contributed by atoms with Crippen molar-refractivity contribution >= 4 is 17.4 Å². The van der Waals surface area contributed by atoms with Gasteiger partial charge in [-0.25, -0.2) is 9.50 Å². The zero-order valence-electron chi connectivity index (χ0n) is 13.6. The van der Waals surface area contributed by atoms with Crippen LogP contribution in [0, 0.1) is 6.92 Å². The minimum atomic E-state index is 0.339. The third-order valence-electron chi connectivity index (χ3n) is 3.89. The molecule has 0 atom stereocenters. The molecule has 0 aliphatic heterocycles. The fourth-order valence-corrected chi connectivity index (χ4v) is 2.67. The molecule has 124 valence electrons. The van der Waals surface area contributed by atoms with Gasteiger partial charge in [0.05, 0.1) is 5.69 Å². The van der Waals surface area contributed by atoms with Crippen LogP contribution in [0.2, 0.25) is 5.02 Å². The summed E-state index contributed by atoms with van der Waals surface area (Å²) in [5, 5.41) is 5.14. The molecule has 25 heavy (non-hydrogen) atoms. The summed E-state index contributed by atoms with van der Waals surface area (Å²) >= 11 is 6.12. The normalized spacial score (nSPS) is 11.0.